The average Bonchev–Trinajstić information content (AvgIpc) is 3.65. The van der Waals surface area contributed by atoms with E-state index in [1.54, 1.807) is 30.3 Å². The van der Waals surface area contributed by atoms with Crippen LogP contribution in [0.2, 0.25) is 0 Å². The lowest BCUT2D eigenvalue weighted by Crippen LogP contribution is -1.91. The monoisotopic (exact) mass is 543 g/mol. The first-order valence-electron chi connectivity index (χ1n) is 22.8. The van der Waals surface area contributed by atoms with E-state index in [2.05, 4.69) is 0 Å². The van der Waals surface area contributed by atoms with Crippen molar-refractivity contribution in [1.29, 1.82) is 0 Å². The minimum Gasteiger partial charge on any atom is -0.455 e. The fourth-order valence-electron chi connectivity index (χ4n) is 4.95. The van der Waals surface area contributed by atoms with E-state index in [0.717, 1.165) is 0 Å². The normalized spacial score (nSPS) is 18.6. The van der Waals surface area contributed by atoms with Crippen LogP contribution in [0.15, 0.2) is 162 Å². The SMILES string of the molecule is [2H]c1c([2H])c([2H])c(-c2oc3c([2H])c(-c4c([2H])c([2H])c([2H])c([2H])c4[2H])c([2H])c([2H])c3c2-c2c3c([2H])c([2H])c([2H])c([2H])c3c(-c3ccccc3)c3c([2H])c([2H])c([2H])c([2H])c23)c([2H])c1[2H]. The molecule has 1 heterocycles. The average molecular weight is 544 g/mol. The van der Waals surface area contributed by atoms with Crippen molar-refractivity contribution < 1.29 is 33.2 Å². The zero-order chi connectivity index (χ0) is 45.4. The molecule has 1 heteroatoms. The molecule has 0 bridgehead atoms. The van der Waals surface area contributed by atoms with Gasteiger partial charge in [0, 0.05) is 22.1 Å². The summed E-state index contributed by atoms with van der Waals surface area (Å²) >= 11 is 0. The van der Waals surface area contributed by atoms with Gasteiger partial charge < -0.3 is 4.42 Å². The number of rotatable bonds is 4. The molecule has 0 atom stereocenters. The van der Waals surface area contributed by atoms with Crippen LogP contribution in [-0.4, -0.2) is 0 Å². The Kier molecular flexibility index (Phi) is 2.48. The van der Waals surface area contributed by atoms with Gasteiger partial charge in [-0.25, -0.2) is 0 Å². The molecule has 7 aromatic carbocycles. The first-order chi connectivity index (χ1) is 29.1. The van der Waals surface area contributed by atoms with Crippen molar-refractivity contribution in [3.8, 4) is 44.7 Å². The quantitative estimate of drug-likeness (QED) is 0.201. The Morgan fingerprint density at radius 3 is 1.54 bits per heavy atom. The molecule has 8 rings (SSSR count). The molecule has 0 saturated carbocycles. The molecule has 0 fully saturated rings. The van der Waals surface area contributed by atoms with Crippen LogP contribution in [0.3, 0.4) is 0 Å². The van der Waals surface area contributed by atoms with Crippen molar-refractivity contribution in [2.45, 2.75) is 0 Å². The number of fused-ring (bicyclic) bond motifs is 3. The van der Waals surface area contributed by atoms with Gasteiger partial charge in [0.15, 0.2) is 0 Å². The van der Waals surface area contributed by atoms with Crippen LogP contribution in [0.5, 0.6) is 0 Å². The number of benzene rings is 7. The molecule has 1 aromatic heterocycles. The fraction of sp³-hybridized carbons (Fsp3) is 0. The molecule has 0 radical (unpaired) electrons. The maximum absolute atomic E-state index is 9.51. The van der Waals surface area contributed by atoms with E-state index in [-0.39, 0.29) is 21.9 Å². The van der Waals surface area contributed by atoms with Gasteiger partial charge in [0.05, 0.1) is 28.8 Å². The lowest BCUT2D eigenvalue weighted by molar-refractivity contribution is 0.632. The molecule has 0 aliphatic rings. The molecule has 41 heavy (non-hydrogen) atoms. The maximum atomic E-state index is 9.51. The lowest BCUT2D eigenvalue weighted by atomic mass is 9.84. The Labute approximate surface area is 268 Å². The van der Waals surface area contributed by atoms with Crippen molar-refractivity contribution in [3.05, 3.63) is 157 Å². The van der Waals surface area contributed by atoms with Gasteiger partial charge in [-0.15, -0.1) is 0 Å². The van der Waals surface area contributed by atoms with Crippen LogP contribution in [0, 0.1) is 0 Å². The second-order valence-electron chi connectivity index (χ2n) is 8.88. The van der Waals surface area contributed by atoms with E-state index < -0.39 is 182 Å². The van der Waals surface area contributed by atoms with Gasteiger partial charge in [0.2, 0.25) is 0 Å². The highest BCUT2D eigenvalue weighted by atomic mass is 16.3. The molecule has 0 aliphatic heterocycles. The van der Waals surface area contributed by atoms with E-state index in [1.807, 2.05) is 0 Å². The minimum atomic E-state index is -0.908. The van der Waals surface area contributed by atoms with Crippen molar-refractivity contribution >= 4 is 32.5 Å². The summed E-state index contributed by atoms with van der Waals surface area (Å²) in [5, 5.41) is -1.97. The summed E-state index contributed by atoms with van der Waals surface area (Å²) in [4.78, 5) is 0. The van der Waals surface area contributed by atoms with Gasteiger partial charge in [0.1, 0.15) is 11.3 Å². The first kappa shape index (κ1) is 10.5. The van der Waals surface area contributed by atoms with Crippen molar-refractivity contribution in [3.63, 3.8) is 0 Å². The summed E-state index contributed by atoms with van der Waals surface area (Å²) < 4.78 is 192. The Balaban J connectivity index is 1.77. The molecule has 0 unspecified atom stereocenters. The zero-order valence-corrected chi connectivity index (χ0v) is 20.8. The van der Waals surface area contributed by atoms with Gasteiger partial charge in [0.25, 0.3) is 0 Å². The smallest absolute Gasteiger partial charge is 0.143 e. The maximum Gasteiger partial charge on any atom is 0.143 e. The van der Waals surface area contributed by atoms with Crippen LogP contribution >= 0.6 is 0 Å². The highest BCUT2D eigenvalue weighted by Gasteiger charge is 2.24. The van der Waals surface area contributed by atoms with Crippen LogP contribution in [-0.2, 0) is 0 Å². The third-order valence-electron chi connectivity index (χ3n) is 6.62. The molecule has 0 amide bonds. The highest BCUT2D eigenvalue weighted by molar-refractivity contribution is 6.24. The first-order valence-corrected chi connectivity index (χ1v) is 12.3. The predicted molar refractivity (Wildman–Crippen MR) is 173 cm³/mol. The van der Waals surface area contributed by atoms with Crippen molar-refractivity contribution in [1.82, 2.24) is 0 Å². The Bertz CT molecular complexity index is 3220. The third-order valence-corrected chi connectivity index (χ3v) is 6.62. The summed E-state index contributed by atoms with van der Waals surface area (Å²) in [5.74, 6) is -0.730. The Morgan fingerprint density at radius 2 is 0.927 bits per heavy atom. The summed E-state index contributed by atoms with van der Waals surface area (Å²) in [5.41, 5.74) is -3.56. The molecule has 1 nitrogen and oxygen atoms in total. The highest BCUT2D eigenvalue weighted by Crippen LogP contribution is 2.49. The van der Waals surface area contributed by atoms with Crippen LogP contribution in [0.1, 0.15) is 28.8 Å². The summed E-state index contributed by atoms with van der Waals surface area (Å²) in [6.07, 6.45) is 0. The largest absolute Gasteiger partial charge is 0.455 e. The molecular formula is C40H26O. The fourth-order valence-corrected chi connectivity index (χ4v) is 4.95. The topological polar surface area (TPSA) is 13.1 Å². The van der Waals surface area contributed by atoms with E-state index in [4.69, 9.17) is 23.6 Å². The second-order valence-corrected chi connectivity index (χ2v) is 8.88. The predicted octanol–water partition coefficient (Wildman–Crippen LogP) is 11.4. The van der Waals surface area contributed by atoms with E-state index in [1.165, 1.54) is 0 Å². The number of hydrogen-bond donors (Lipinski definition) is 0. The minimum absolute atomic E-state index is 0.0487. The van der Waals surface area contributed by atoms with Gasteiger partial charge >= 0.3 is 0 Å². The molecule has 192 valence electrons. The molecule has 0 saturated heterocycles. The van der Waals surface area contributed by atoms with Crippen LogP contribution in [0.4, 0.5) is 0 Å². The standard InChI is InChI=1S/C40H26O/c1-4-14-27(15-5-1)30-24-25-35-36(26-30)41-40(29-18-8-3-9-19-29)39(35)38-33-22-12-10-20-31(33)37(28-16-6-2-7-17-28)32-21-11-13-23-34(32)38/h1-26H/i1D,3D,4D,5D,8D,9D,10D,11D,12D,13D,14D,15D,18D,19D,20D,21D,22D,23D,24D,25D,26D. The molecular weight excluding hydrogens is 496 g/mol. The summed E-state index contributed by atoms with van der Waals surface area (Å²) in [6.45, 7) is 0. The molecule has 0 N–H and O–H groups in total. The Hall–Kier alpha value is -5.40. The molecule has 0 aliphatic carbocycles. The van der Waals surface area contributed by atoms with E-state index in [0.29, 0.717) is 0 Å². The van der Waals surface area contributed by atoms with Gasteiger partial charge in [-0.1, -0.05) is 145 Å². The van der Waals surface area contributed by atoms with E-state index in [9.17, 15) is 9.60 Å². The second kappa shape index (κ2) is 9.66. The molecule has 8 aromatic rings. The summed E-state index contributed by atoms with van der Waals surface area (Å²) in [6, 6.07) is -9.08. The zero-order valence-electron chi connectivity index (χ0n) is 41.8. The van der Waals surface area contributed by atoms with Gasteiger partial charge in [-0.05, 0) is 55.9 Å². The van der Waals surface area contributed by atoms with E-state index >= 15 is 0 Å². The third kappa shape index (κ3) is 3.86. The lowest BCUT2D eigenvalue weighted by Gasteiger charge is -2.18. The Morgan fingerprint density at radius 1 is 0.390 bits per heavy atom. The van der Waals surface area contributed by atoms with Crippen molar-refractivity contribution in [2.24, 2.45) is 0 Å². The molecule has 0 spiro atoms. The number of furan rings is 1. The summed E-state index contributed by atoms with van der Waals surface area (Å²) in [7, 11) is 0. The number of hydrogen-bond acceptors (Lipinski definition) is 1. The van der Waals surface area contributed by atoms with Crippen molar-refractivity contribution in [2.75, 3.05) is 0 Å². The van der Waals surface area contributed by atoms with Gasteiger partial charge in [-0.3, -0.25) is 0 Å². The van der Waals surface area contributed by atoms with Crippen LogP contribution in [0.25, 0.3) is 77.2 Å². The van der Waals surface area contributed by atoms with Gasteiger partial charge in [-0.2, -0.15) is 0 Å². The van der Waals surface area contributed by atoms with Crippen LogP contribution < -0.4 is 0 Å².